The number of carbonyl (C=O) groups excluding carboxylic acids is 1. The van der Waals surface area contributed by atoms with Crippen LogP contribution in [-0.4, -0.2) is 33.0 Å². The Morgan fingerprint density at radius 2 is 1.88 bits per heavy atom. The van der Waals surface area contributed by atoms with Gasteiger partial charge in [0.1, 0.15) is 0 Å². The molecule has 2 atom stereocenters. The molecular weight excluding hydrogens is 308 g/mol. The summed E-state index contributed by atoms with van der Waals surface area (Å²) >= 11 is 0. The maximum Gasteiger partial charge on any atom is 0.335 e. The third-order valence-electron chi connectivity index (χ3n) is 3.58. The topological polar surface area (TPSA) is 104 Å². The van der Waals surface area contributed by atoms with Gasteiger partial charge in [0.05, 0.1) is 17.3 Å². The molecule has 0 saturated heterocycles. The van der Waals surface area contributed by atoms with Crippen molar-refractivity contribution in [2.45, 2.75) is 32.5 Å². The molecule has 0 aromatic carbocycles. The van der Waals surface area contributed by atoms with E-state index in [1.54, 1.807) is 19.3 Å². The summed E-state index contributed by atoms with van der Waals surface area (Å²) < 4.78 is 0. The van der Waals surface area contributed by atoms with Crippen LogP contribution >= 0.6 is 0 Å². The summed E-state index contributed by atoms with van der Waals surface area (Å²) in [4.78, 5) is 31.3. The molecule has 7 nitrogen and oxygen atoms in total. The standard InChI is InChI=1S/C17H20N4O3/c1-11(15-9-14(17(23)24)5-8-19-15)21-12(2)16(22)20-10-13-3-6-18-7-4-13/h3-9,11-12,21H,10H2,1-2H3,(H,20,22)(H,23,24). The van der Waals surface area contributed by atoms with Gasteiger partial charge in [0.15, 0.2) is 0 Å². The Balaban J connectivity index is 1.90. The Hall–Kier alpha value is -2.80. The molecule has 0 fully saturated rings. The number of pyridine rings is 2. The predicted octanol–water partition coefficient (Wildman–Crippen LogP) is 1.53. The summed E-state index contributed by atoms with van der Waals surface area (Å²) in [5, 5.41) is 15.0. The zero-order valence-electron chi connectivity index (χ0n) is 13.6. The first-order valence-electron chi connectivity index (χ1n) is 7.59. The SMILES string of the molecule is CC(NC(C)c1cc(C(=O)O)ccn1)C(=O)NCc1ccncc1. The summed E-state index contributed by atoms with van der Waals surface area (Å²) in [6.45, 7) is 4.01. The van der Waals surface area contributed by atoms with Gasteiger partial charge in [-0.05, 0) is 43.7 Å². The minimum atomic E-state index is -1.01. The molecule has 2 rings (SSSR count). The Morgan fingerprint density at radius 3 is 2.54 bits per heavy atom. The minimum absolute atomic E-state index is 0.145. The number of aromatic nitrogens is 2. The van der Waals surface area contributed by atoms with E-state index in [2.05, 4.69) is 20.6 Å². The van der Waals surface area contributed by atoms with E-state index >= 15 is 0 Å². The van der Waals surface area contributed by atoms with Crippen molar-refractivity contribution in [3.63, 3.8) is 0 Å². The van der Waals surface area contributed by atoms with Gasteiger partial charge in [0, 0.05) is 31.2 Å². The Kier molecular flexibility index (Phi) is 5.97. The molecule has 2 unspecified atom stereocenters. The largest absolute Gasteiger partial charge is 0.478 e. The fraction of sp³-hybridized carbons (Fsp3) is 0.294. The van der Waals surface area contributed by atoms with E-state index in [0.29, 0.717) is 12.2 Å². The third kappa shape index (κ3) is 4.85. The van der Waals surface area contributed by atoms with Crippen LogP contribution in [0.4, 0.5) is 0 Å². The smallest absolute Gasteiger partial charge is 0.335 e. The van der Waals surface area contributed by atoms with E-state index in [4.69, 9.17) is 5.11 Å². The van der Waals surface area contributed by atoms with Crippen LogP contribution in [0.25, 0.3) is 0 Å². The second-order valence-corrected chi connectivity index (χ2v) is 5.46. The zero-order chi connectivity index (χ0) is 17.5. The first-order chi connectivity index (χ1) is 11.5. The molecular formula is C17H20N4O3. The highest BCUT2D eigenvalue weighted by molar-refractivity contribution is 5.87. The van der Waals surface area contributed by atoms with Gasteiger partial charge in [-0.1, -0.05) is 0 Å². The molecule has 24 heavy (non-hydrogen) atoms. The van der Waals surface area contributed by atoms with Crippen LogP contribution in [0.2, 0.25) is 0 Å². The van der Waals surface area contributed by atoms with Crippen molar-refractivity contribution < 1.29 is 14.7 Å². The van der Waals surface area contributed by atoms with Gasteiger partial charge in [0.2, 0.25) is 5.91 Å². The monoisotopic (exact) mass is 328 g/mol. The van der Waals surface area contributed by atoms with Gasteiger partial charge in [-0.15, -0.1) is 0 Å². The van der Waals surface area contributed by atoms with Crippen molar-refractivity contribution in [3.8, 4) is 0 Å². The van der Waals surface area contributed by atoms with Crippen molar-refractivity contribution in [2.24, 2.45) is 0 Å². The van der Waals surface area contributed by atoms with Crippen LogP contribution in [0, 0.1) is 0 Å². The van der Waals surface area contributed by atoms with E-state index in [9.17, 15) is 9.59 Å². The lowest BCUT2D eigenvalue weighted by Gasteiger charge is -2.19. The van der Waals surface area contributed by atoms with E-state index in [1.165, 1.54) is 18.3 Å². The molecule has 126 valence electrons. The molecule has 0 aliphatic rings. The van der Waals surface area contributed by atoms with Crippen molar-refractivity contribution in [1.82, 2.24) is 20.6 Å². The Labute approximate surface area is 140 Å². The number of carboxylic acid groups (broad SMARTS) is 1. The number of amides is 1. The highest BCUT2D eigenvalue weighted by atomic mass is 16.4. The minimum Gasteiger partial charge on any atom is -0.478 e. The summed E-state index contributed by atoms with van der Waals surface area (Å²) in [5.74, 6) is -1.15. The lowest BCUT2D eigenvalue weighted by atomic mass is 10.1. The van der Waals surface area contributed by atoms with E-state index < -0.39 is 12.0 Å². The highest BCUT2D eigenvalue weighted by Crippen LogP contribution is 2.12. The Morgan fingerprint density at radius 1 is 1.17 bits per heavy atom. The van der Waals surface area contributed by atoms with Crippen LogP contribution in [0.3, 0.4) is 0 Å². The fourth-order valence-electron chi connectivity index (χ4n) is 2.20. The van der Waals surface area contributed by atoms with Crippen molar-refractivity contribution in [3.05, 3.63) is 59.7 Å². The molecule has 0 saturated carbocycles. The quantitative estimate of drug-likeness (QED) is 0.712. The summed E-state index contributed by atoms with van der Waals surface area (Å²) in [5.41, 5.74) is 1.71. The first kappa shape index (κ1) is 17.6. The molecule has 2 heterocycles. The van der Waals surface area contributed by atoms with Gasteiger partial charge in [0.25, 0.3) is 0 Å². The van der Waals surface area contributed by atoms with E-state index in [-0.39, 0.29) is 17.5 Å². The lowest BCUT2D eigenvalue weighted by Crippen LogP contribution is -2.43. The van der Waals surface area contributed by atoms with E-state index in [1.807, 2.05) is 19.1 Å². The number of nitrogens with one attached hydrogen (secondary N) is 2. The lowest BCUT2D eigenvalue weighted by molar-refractivity contribution is -0.123. The number of hydrogen-bond acceptors (Lipinski definition) is 5. The van der Waals surface area contributed by atoms with Gasteiger partial charge >= 0.3 is 5.97 Å². The predicted molar refractivity (Wildman–Crippen MR) is 88.3 cm³/mol. The fourth-order valence-corrected chi connectivity index (χ4v) is 2.20. The van der Waals surface area contributed by atoms with Gasteiger partial charge in [-0.2, -0.15) is 0 Å². The number of carbonyl (C=O) groups is 2. The molecule has 3 N–H and O–H groups in total. The summed E-state index contributed by atoms with van der Waals surface area (Å²) in [6, 6.07) is 5.90. The normalized spacial score (nSPS) is 13.1. The molecule has 2 aromatic rings. The molecule has 1 amide bonds. The van der Waals surface area contributed by atoms with Crippen molar-refractivity contribution in [1.29, 1.82) is 0 Å². The van der Waals surface area contributed by atoms with Crippen molar-refractivity contribution >= 4 is 11.9 Å². The summed E-state index contributed by atoms with van der Waals surface area (Å²) in [6.07, 6.45) is 4.80. The third-order valence-corrected chi connectivity index (χ3v) is 3.58. The van der Waals surface area contributed by atoms with Crippen molar-refractivity contribution in [2.75, 3.05) is 0 Å². The molecule has 0 aliphatic carbocycles. The molecule has 0 spiro atoms. The highest BCUT2D eigenvalue weighted by Gasteiger charge is 2.17. The molecule has 0 radical (unpaired) electrons. The van der Waals surface area contributed by atoms with Crippen LogP contribution in [-0.2, 0) is 11.3 Å². The van der Waals surface area contributed by atoms with Crippen LogP contribution in [0.15, 0.2) is 42.9 Å². The van der Waals surface area contributed by atoms with Gasteiger partial charge in [-0.3, -0.25) is 20.1 Å². The molecule has 0 bridgehead atoms. The maximum absolute atomic E-state index is 12.2. The van der Waals surface area contributed by atoms with Gasteiger partial charge < -0.3 is 10.4 Å². The number of carboxylic acids is 1. The zero-order valence-corrected chi connectivity index (χ0v) is 13.6. The maximum atomic E-state index is 12.2. The summed E-state index contributed by atoms with van der Waals surface area (Å²) in [7, 11) is 0. The number of aromatic carboxylic acids is 1. The average Bonchev–Trinajstić information content (AvgIpc) is 2.60. The van der Waals surface area contributed by atoms with E-state index in [0.717, 1.165) is 5.56 Å². The molecule has 0 aliphatic heterocycles. The van der Waals surface area contributed by atoms with Crippen LogP contribution in [0.5, 0.6) is 0 Å². The molecule has 7 heteroatoms. The first-order valence-corrected chi connectivity index (χ1v) is 7.59. The van der Waals surface area contributed by atoms with Crippen LogP contribution < -0.4 is 10.6 Å². The van der Waals surface area contributed by atoms with Gasteiger partial charge in [-0.25, -0.2) is 4.79 Å². The number of hydrogen-bond donors (Lipinski definition) is 3. The number of rotatable bonds is 7. The average molecular weight is 328 g/mol. The van der Waals surface area contributed by atoms with Crippen LogP contribution in [0.1, 0.15) is 41.5 Å². The number of nitrogens with zero attached hydrogens (tertiary/aromatic N) is 2. The Bertz CT molecular complexity index is 706. The molecule has 2 aromatic heterocycles. The second-order valence-electron chi connectivity index (χ2n) is 5.46. The second kappa shape index (κ2) is 8.16.